The van der Waals surface area contributed by atoms with Gasteiger partial charge in [-0.3, -0.25) is 0 Å². The van der Waals surface area contributed by atoms with Crippen molar-refractivity contribution in [2.24, 2.45) is 0 Å². The van der Waals surface area contributed by atoms with Gasteiger partial charge in [0.1, 0.15) is 9.88 Å². The lowest BCUT2D eigenvalue weighted by Crippen LogP contribution is -2.19. The minimum atomic E-state index is -0.886. The third-order valence-electron chi connectivity index (χ3n) is 3.34. The van der Waals surface area contributed by atoms with Gasteiger partial charge in [-0.05, 0) is 25.0 Å². The first-order valence-corrected chi connectivity index (χ1v) is 6.99. The van der Waals surface area contributed by atoms with Crippen LogP contribution in [0.15, 0.2) is 24.3 Å². The smallest absolute Gasteiger partial charge is 0.347 e. The molecule has 0 fully saturated rings. The van der Waals surface area contributed by atoms with Gasteiger partial charge in [-0.1, -0.05) is 18.2 Å². The second-order valence-electron chi connectivity index (χ2n) is 4.63. The van der Waals surface area contributed by atoms with Crippen LogP contribution in [-0.4, -0.2) is 22.6 Å². The van der Waals surface area contributed by atoms with Crippen molar-refractivity contribution in [3.05, 3.63) is 45.4 Å². The molecule has 0 amide bonds. The van der Waals surface area contributed by atoms with Crippen molar-refractivity contribution in [2.75, 3.05) is 11.4 Å². The zero-order chi connectivity index (χ0) is 13.4. The molecule has 4 nitrogen and oxygen atoms in total. The van der Waals surface area contributed by atoms with E-state index in [0.29, 0.717) is 17.1 Å². The fraction of sp³-hybridized carbons (Fsp3) is 0.286. The normalized spacial score (nSPS) is 13.6. The Balaban J connectivity index is 1.84. The van der Waals surface area contributed by atoms with Crippen molar-refractivity contribution in [3.63, 3.8) is 0 Å². The summed E-state index contributed by atoms with van der Waals surface area (Å²) in [6, 6.07) is 8.34. The molecular weight excluding hydrogens is 260 g/mol. The van der Waals surface area contributed by atoms with Gasteiger partial charge in [0.25, 0.3) is 0 Å². The van der Waals surface area contributed by atoms with E-state index >= 15 is 0 Å². The first-order chi connectivity index (χ1) is 9.15. The number of hydrogen-bond acceptors (Lipinski definition) is 4. The van der Waals surface area contributed by atoms with E-state index in [1.165, 1.54) is 22.6 Å². The van der Waals surface area contributed by atoms with E-state index < -0.39 is 5.97 Å². The minimum absolute atomic E-state index is 0.350. The quantitative estimate of drug-likeness (QED) is 0.935. The molecule has 1 N–H and O–H groups in total. The summed E-state index contributed by atoms with van der Waals surface area (Å²) in [7, 11) is 0. The second-order valence-corrected chi connectivity index (χ2v) is 5.71. The monoisotopic (exact) mass is 274 g/mol. The number of rotatable bonds is 3. The number of hydrogen-bond donors (Lipinski definition) is 1. The number of carboxylic acids is 1. The molecule has 1 aromatic heterocycles. The summed E-state index contributed by atoms with van der Waals surface area (Å²) in [5, 5.41) is 9.92. The molecule has 0 atom stereocenters. The standard InChI is InChI=1S/C14H14N2O2S/c1-9-13(14(17)18)19-12(15-9)8-16-7-6-10-4-2-3-5-11(10)16/h2-5H,6-8H2,1H3,(H,17,18). The number of nitrogens with zero attached hydrogens (tertiary/aromatic N) is 2. The molecule has 0 aliphatic carbocycles. The Labute approximate surface area is 115 Å². The highest BCUT2D eigenvalue weighted by atomic mass is 32.1. The van der Waals surface area contributed by atoms with E-state index in [1.54, 1.807) is 6.92 Å². The Morgan fingerprint density at radius 1 is 1.47 bits per heavy atom. The van der Waals surface area contributed by atoms with Crippen LogP contribution in [0.4, 0.5) is 5.69 Å². The average Bonchev–Trinajstić information content (AvgIpc) is 2.95. The number of carbonyl (C=O) groups is 1. The van der Waals surface area contributed by atoms with Crippen LogP contribution in [0.25, 0.3) is 0 Å². The molecule has 98 valence electrons. The molecular formula is C14H14N2O2S. The number of aromatic nitrogens is 1. The van der Waals surface area contributed by atoms with Crippen LogP contribution in [0, 0.1) is 6.92 Å². The van der Waals surface area contributed by atoms with Gasteiger partial charge in [-0.2, -0.15) is 0 Å². The van der Waals surface area contributed by atoms with E-state index in [0.717, 1.165) is 18.0 Å². The predicted octanol–water partition coefficient (Wildman–Crippen LogP) is 2.71. The van der Waals surface area contributed by atoms with E-state index in [9.17, 15) is 4.79 Å². The summed E-state index contributed by atoms with van der Waals surface area (Å²) in [6.45, 7) is 3.41. The fourth-order valence-corrected chi connectivity index (χ4v) is 3.37. The number of thiazole rings is 1. The number of aryl methyl sites for hydroxylation is 1. The topological polar surface area (TPSA) is 53.4 Å². The van der Waals surface area contributed by atoms with Gasteiger partial charge < -0.3 is 10.0 Å². The highest BCUT2D eigenvalue weighted by Crippen LogP contribution is 2.30. The number of anilines is 1. The fourth-order valence-electron chi connectivity index (χ4n) is 2.45. The summed E-state index contributed by atoms with van der Waals surface area (Å²) in [6.07, 6.45) is 1.05. The zero-order valence-electron chi connectivity index (χ0n) is 10.6. The first-order valence-electron chi connectivity index (χ1n) is 6.17. The molecule has 0 radical (unpaired) electrons. The molecule has 1 aliphatic rings. The molecule has 5 heteroatoms. The first kappa shape index (κ1) is 12.2. The van der Waals surface area contributed by atoms with Gasteiger partial charge >= 0.3 is 5.97 Å². The lowest BCUT2D eigenvalue weighted by molar-refractivity contribution is 0.0701. The average molecular weight is 274 g/mol. The minimum Gasteiger partial charge on any atom is -0.477 e. The Kier molecular flexibility index (Phi) is 2.98. The Morgan fingerprint density at radius 2 is 2.26 bits per heavy atom. The molecule has 0 spiro atoms. The van der Waals surface area contributed by atoms with E-state index in [1.807, 2.05) is 6.07 Å². The molecule has 0 unspecified atom stereocenters. The number of aromatic carboxylic acids is 1. The van der Waals surface area contributed by atoms with E-state index in [-0.39, 0.29) is 0 Å². The van der Waals surface area contributed by atoms with Crippen molar-refractivity contribution < 1.29 is 9.90 Å². The lowest BCUT2D eigenvalue weighted by Gasteiger charge is -2.17. The molecule has 3 rings (SSSR count). The zero-order valence-corrected chi connectivity index (χ0v) is 11.4. The number of benzene rings is 1. The molecule has 0 saturated carbocycles. The van der Waals surface area contributed by atoms with Crippen molar-refractivity contribution in [2.45, 2.75) is 19.9 Å². The Hall–Kier alpha value is -1.88. The van der Waals surface area contributed by atoms with Gasteiger partial charge in [-0.15, -0.1) is 11.3 Å². The van der Waals surface area contributed by atoms with Crippen molar-refractivity contribution in [1.29, 1.82) is 0 Å². The van der Waals surface area contributed by atoms with Crippen LogP contribution in [0.5, 0.6) is 0 Å². The van der Waals surface area contributed by atoms with Gasteiger partial charge in [0.15, 0.2) is 0 Å². The molecule has 2 heterocycles. The predicted molar refractivity (Wildman–Crippen MR) is 75.0 cm³/mol. The van der Waals surface area contributed by atoms with Crippen molar-refractivity contribution >= 4 is 23.0 Å². The summed E-state index contributed by atoms with van der Waals surface area (Å²) in [5.74, 6) is -0.886. The van der Waals surface area contributed by atoms with E-state index in [4.69, 9.17) is 5.11 Å². The molecule has 2 aromatic rings. The summed E-state index contributed by atoms with van der Waals surface area (Å²) in [5.41, 5.74) is 3.21. The summed E-state index contributed by atoms with van der Waals surface area (Å²) >= 11 is 1.28. The van der Waals surface area contributed by atoms with Crippen LogP contribution in [0.3, 0.4) is 0 Å². The maximum Gasteiger partial charge on any atom is 0.347 e. The van der Waals surface area contributed by atoms with Crippen LogP contribution in [0.2, 0.25) is 0 Å². The highest BCUT2D eigenvalue weighted by Gasteiger charge is 2.21. The van der Waals surface area contributed by atoms with E-state index in [2.05, 4.69) is 28.1 Å². The maximum absolute atomic E-state index is 11.0. The highest BCUT2D eigenvalue weighted by molar-refractivity contribution is 7.13. The molecule has 19 heavy (non-hydrogen) atoms. The largest absolute Gasteiger partial charge is 0.477 e. The molecule has 0 bridgehead atoms. The molecule has 1 aliphatic heterocycles. The SMILES string of the molecule is Cc1nc(CN2CCc3ccccc32)sc1C(=O)O. The number of carboxylic acid groups (broad SMARTS) is 1. The Bertz CT molecular complexity index is 636. The number of para-hydroxylation sites is 1. The third-order valence-corrected chi connectivity index (χ3v) is 4.47. The van der Waals surface area contributed by atoms with Crippen LogP contribution in [0.1, 0.15) is 25.9 Å². The maximum atomic E-state index is 11.0. The Morgan fingerprint density at radius 3 is 3.00 bits per heavy atom. The third kappa shape index (κ3) is 2.21. The van der Waals surface area contributed by atoms with Crippen molar-refractivity contribution in [1.82, 2.24) is 4.98 Å². The second kappa shape index (κ2) is 4.66. The van der Waals surface area contributed by atoms with Crippen molar-refractivity contribution in [3.8, 4) is 0 Å². The van der Waals surface area contributed by atoms with Gasteiger partial charge in [0, 0.05) is 12.2 Å². The molecule has 0 saturated heterocycles. The summed E-state index contributed by atoms with van der Waals surface area (Å²) < 4.78 is 0. The van der Waals surface area contributed by atoms with Crippen LogP contribution >= 0.6 is 11.3 Å². The van der Waals surface area contributed by atoms with Crippen LogP contribution < -0.4 is 4.90 Å². The lowest BCUT2D eigenvalue weighted by atomic mass is 10.2. The van der Waals surface area contributed by atoms with Gasteiger partial charge in [-0.25, -0.2) is 9.78 Å². The van der Waals surface area contributed by atoms with Gasteiger partial charge in [0.2, 0.25) is 0 Å². The summed E-state index contributed by atoms with van der Waals surface area (Å²) in [4.78, 5) is 18.0. The van der Waals surface area contributed by atoms with Crippen LogP contribution in [-0.2, 0) is 13.0 Å². The van der Waals surface area contributed by atoms with Gasteiger partial charge in [0.05, 0.1) is 12.2 Å². The molecule has 1 aromatic carbocycles. The number of fused-ring (bicyclic) bond motifs is 1.